The smallest absolute Gasteiger partial charge is 0.260 e. The summed E-state index contributed by atoms with van der Waals surface area (Å²) in [6.07, 6.45) is 2.02. The van der Waals surface area contributed by atoms with Crippen LogP contribution in [0.5, 0.6) is 5.75 Å². The molecule has 0 saturated carbocycles. The molecule has 4 nitrogen and oxygen atoms in total. The first-order valence-electron chi connectivity index (χ1n) is 7.00. The molecule has 1 amide bonds. The second-order valence-electron chi connectivity index (χ2n) is 4.77. The monoisotopic (exact) mass is 262 g/mol. The number of nitrogens with one attached hydrogen (secondary N) is 1. The van der Waals surface area contributed by atoms with Crippen LogP contribution < -0.4 is 10.1 Å². The molecule has 1 heterocycles. The van der Waals surface area contributed by atoms with Crippen LogP contribution in [0.3, 0.4) is 0 Å². The van der Waals surface area contributed by atoms with Gasteiger partial charge in [0.1, 0.15) is 5.75 Å². The molecule has 0 aliphatic carbocycles. The number of nitrogens with zero attached hydrogens (tertiary/aromatic N) is 1. The average molecular weight is 262 g/mol. The number of benzene rings is 1. The minimum Gasteiger partial charge on any atom is -0.484 e. The third kappa shape index (κ3) is 4.24. The van der Waals surface area contributed by atoms with Crippen molar-refractivity contribution in [2.24, 2.45) is 0 Å². The Bertz CT molecular complexity index is 395. The maximum Gasteiger partial charge on any atom is 0.260 e. The normalized spacial score (nSPS) is 15.9. The highest BCUT2D eigenvalue weighted by Crippen LogP contribution is 2.12. The summed E-state index contributed by atoms with van der Waals surface area (Å²) in [5.74, 6) is 0.835. The number of carbonyl (C=O) groups is 1. The lowest BCUT2D eigenvalue weighted by Gasteiger charge is -2.20. The first-order valence-corrected chi connectivity index (χ1v) is 7.00. The minimum absolute atomic E-state index is 0.0725. The SMILES string of the molecule is CCc1ccc(OCC(=O)N2CCCNCC2)cc1. The molecule has 19 heavy (non-hydrogen) atoms. The van der Waals surface area contributed by atoms with Crippen molar-refractivity contribution in [1.82, 2.24) is 10.2 Å². The van der Waals surface area contributed by atoms with Crippen LogP contribution in [0.25, 0.3) is 0 Å². The number of carbonyl (C=O) groups excluding carboxylic acids is 1. The van der Waals surface area contributed by atoms with Crippen molar-refractivity contribution in [3.05, 3.63) is 29.8 Å². The van der Waals surface area contributed by atoms with Gasteiger partial charge in [-0.25, -0.2) is 0 Å². The second-order valence-corrected chi connectivity index (χ2v) is 4.77. The maximum atomic E-state index is 12.0. The molecule has 0 atom stereocenters. The first kappa shape index (κ1) is 13.9. The van der Waals surface area contributed by atoms with Crippen molar-refractivity contribution in [2.45, 2.75) is 19.8 Å². The third-order valence-corrected chi connectivity index (χ3v) is 3.39. The Kier molecular flexibility index (Phi) is 5.21. The summed E-state index contributed by atoms with van der Waals surface area (Å²) in [4.78, 5) is 13.9. The van der Waals surface area contributed by atoms with Gasteiger partial charge in [0.25, 0.3) is 5.91 Å². The van der Waals surface area contributed by atoms with Crippen molar-refractivity contribution in [2.75, 3.05) is 32.8 Å². The molecule has 104 valence electrons. The Labute approximate surface area is 114 Å². The topological polar surface area (TPSA) is 41.6 Å². The fourth-order valence-corrected chi connectivity index (χ4v) is 2.15. The number of amides is 1. The highest BCUT2D eigenvalue weighted by Gasteiger charge is 2.15. The van der Waals surface area contributed by atoms with Crippen molar-refractivity contribution in [3.8, 4) is 5.75 Å². The first-order chi connectivity index (χ1) is 9.29. The van der Waals surface area contributed by atoms with Crippen molar-refractivity contribution in [1.29, 1.82) is 0 Å². The Balaban J connectivity index is 1.81. The van der Waals surface area contributed by atoms with Crippen LogP contribution in [0.2, 0.25) is 0 Å². The van der Waals surface area contributed by atoms with E-state index in [-0.39, 0.29) is 12.5 Å². The lowest BCUT2D eigenvalue weighted by atomic mass is 10.2. The number of rotatable bonds is 4. The zero-order valence-electron chi connectivity index (χ0n) is 11.5. The molecule has 0 bridgehead atoms. The summed E-state index contributed by atoms with van der Waals surface area (Å²) < 4.78 is 5.55. The fraction of sp³-hybridized carbons (Fsp3) is 0.533. The molecular weight excluding hydrogens is 240 g/mol. The van der Waals surface area contributed by atoms with Crippen LogP contribution in [0.1, 0.15) is 18.9 Å². The molecule has 1 N–H and O–H groups in total. The second kappa shape index (κ2) is 7.14. The average Bonchev–Trinajstić information content (AvgIpc) is 2.74. The van der Waals surface area contributed by atoms with Crippen LogP contribution in [0.15, 0.2) is 24.3 Å². The number of hydrogen-bond donors (Lipinski definition) is 1. The molecule has 0 unspecified atom stereocenters. The van der Waals surface area contributed by atoms with Crippen LogP contribution in [0.4, 0.5) is 0 Å². The van der Waals surface area contributed by atoms with E-state index < -0.39 is 0 Å². The summed E-state index contributed by atoms with van der Waals surface area (Å²) in [5.41, 5.74) is 1.28. The van der Waals surface area contributed by atoms with E-state index in [1.165, 1.54) is 5.56 Å². The Morgan fingerprint density at radius 2 is 2.05 bits per heavy atom. The molecular formula is C15H22N2O2. The summed E-state index contributed by atoms with van der Waals surface area (Å²) in [7, 11) is 0. The van der Waals surface area contributed by atoms with Gasteiger partial charge in [0.05, 0.1) is 0 Å². The Hall–Kier alpha value is -1.55. The Morgan fingerprint density at radius 3 is 2.79 bits per heavy atom. The Morgan fingerprint density at radius 1 is 1.26 bits per heavy atom. The van der Waals surface area contributed by atoms with Crippen LogP contribution in [-0.4, -0.2) is 43.6 Å². The van der Waals surface area contributed by atoms with Gasteiger partial charge in [-0.15, -0.1) is 0 Å². The van der Waals surface area contributed by atoms with Crippen molar-refractivity contribution in [3.63, 3.8) is 0 Å². The van der Waals surface area contributed by atoms with Crippen LogP contribution in [0, 0.1) is 0 Å². The molecule has 0 spiro atoms. The predicted octanol–water partition coefficient (Wildman–Crippen LogP) is 1.45. The maximum absolute atomic E-state index is 12.0. The van der Waals surface area contributed by atoms with Gasteiger partial charge in [-0.05, 0) is 37.1 Å². The molecule has 1 aliphatic rings. The predicted molar refractivity (Wildman–Crippen MR) is 75.4 cm³/mol. The van der Waals surface area contributed by atoms with Gasteiger partial charge >= 0.3 is 0 Å². The molecule has 1 aliphatic heterocycles. The lowest BCUT2D eigenvalue weighted by molar-refractivity contribution is -0.133. The molecule has 1 saturated heterocycles. The van der Waals surface area contributed by atoms with Gasteiger partial charge in [0.2, 0.25) is 0 Å². The molecule has 1 aromatic rings. The number of aryl methyl sites for hydroxylation is 1. The summed E-state index contributed by atoms with van der Waals surface area (Å²) >= 11 is 0. The zero-order chi connectivity index (χ0) is 13.5. The van der Waals surface area contributed by atoms with Crippen molar-refractivity contribution >= 4 is 5.91 Å². The van der Waals surface area contributed by atoms with Gasteiger partial charge in [-0.3, -0.25) is 4.79 Å². The molecule has 1 fully saturated rings. The van der Waals surface area contributed by atoms with Crippen LogP contribution in [-0.2, 0) is 11.2 Å². The van der Waals surface area contributed by atoms with E-state index in [1.54, 1.807) is 0 Å². The molecule has 0 radical (unpaired) electrons. The summed E-state index contributed by atoms with van der Waals surface area (Å²) in [6, 6.07) is 7.93. The lowest BCUT2D eigenvalue weighted by Crippen LogP contribution is -2.37. The number of ether oxygens (including phenoxy) is 1. The van der Waals surface area contributed by atoms with Gasteiger partial charge in [-0.2, -0.15) is 0 Å². The van der Waals surface area contributed by atoms with Crippen molar-refractivity contribution < 1.29 is 9.53 Å². The summed E-state index contributed by atoms with van der Waals surface area (Å²) in [6.45, 7) is 5.71. The molecule has 4 heteroatoms. The fourth-order valence-electron chi connectivity index (χ4n) is 2.15. The standard InChI is InChI=1S/C15H22N2O2/c1-2-13-4-6-14(7-5-13)19-12-15(18)17-10-3-8-16-9-11-17/h4-7,16H,2-3,8-12H2,1H3. The van der Waals surface area contributed by atoms with E-state index in [2.05, 4.69) is 12.2 Å². The molecule has 2 rings (SSSR count). The van der Waals surface area contributed by atoms with E-state index >= 15 is 0 Å². The van der Waals surface area contributed by atoms with Crippen LogP contribution >= 0.6 is 0 Å². The largest absolute Gasteiger partial charge is 0.484 e. The number of hydrogen-bond acceptors (Lipinski definition) is 3. The van der Waals surface area contributed by atoms with Gasteiger partial charge < -0.3 is 15.0 Å². The zero-order valence-corrected chi connectivity index (χ0v) is 11.5. The molecule has 0 aromatic heterocycles. The van der Waals surface area contributed by atoms with E-state index in [4.69, 9.17) is 4.74 Å². The quantitative estimate of drug-likeness (QED) is 0.893. The van der Waals surface area contributed by atoms with E-state index in [1.807, 2.05) is 29.2 Å². The highest BCUT2D eigenvalue weighted by molar-refractivity contribution is 5.77. The van der Waals surface area contributed by atoms with E-state index in [0.717, 1.165) is 44.8 Å². The van der Waals surface area contributed by atoms with E-state index in [0.29, 0.717) is 0 Å². The minimum atomic E-state index is 0.0725. The van der Waals surface area contributed by atoms with E-state index in [9.17, 15) is 4.79 Å². The van der Waals surface area contributed by atoms with Gasteiger partial charge in [0, 0.05) is 19.6 Å². The third-order valence-electron chi connectivity index (χ3n) is 3.39. The summed E-state index contributed by atoms with van der Waals surface area (Å²) in [5, 5.41) is 3.28. The van der Waals surface area contributed by atoms with Gasteiger partial charge in [0.15, 0.2) is 6.61 Å². The highest BCUT2D eigenvalue weighted by atomic mass is 16.5. The molecule has 1 aromatic carbocycles. The van der Waals surface area contributed by atoms with Gasteiger partial charge in [-0.1, -0.05) is 19.1 Å².